The number of ether oxygens (including phenoxy) is 4. The van der Waals surface area contributed by atoms with Gasteiger partial charge in [-0.25, -0.2) is 5.43 Å². The lowest BCUT2D eigenvalue weighted by atomic mass is 9.95. The summed E-state index contributed by atoms with van der Waals surface area (Å²) in [5.74, 6) is 2.11. The Bertz CT molecular complexity index is 1820. The van der Waals surface area contributed by atoms with E-state index < -0.39 is 0 Å². The number of benzodiazepines with no additional fused rings is 1. The van der Waals surface area contributed by atoms with Crippen LogP contribution in [0.25, 0.3) is 0 Å². The normalized spacial score (nSPS) is 13.7. The highest BCUT2D eigenvalue weighted by Crippen LogP contribution is 2.37. The van der Waals surface area contributed by atoms with E-state index in [1.165, 1.54) is 0 Å². The van der Waals surface area contributed by atoms with Crippen LogP contribution in [-0.2, 0) is 16.0 Å². The van der Waals surface area contributed by atoms with Crippen LogP contribution in [0.5, 0.6) is 23.0 Å². The molecule has 0 unspecified atom stereocenters. The van der Waals surface area contributed by atoms with Crippen molar-refractivity contribution < 1.29 is 28.5 Å². The molecule has 0 atom stereocenters. The minimum atomic E-state index is -0.153. The summed E-state index contributed by atoms with van der Waals surface area (Å²) >= 11 is 5.98. The summed E-state index contributed by atoms with van der Waals surface area (Å²) in [4.78, 5) is 30.3. The molecule has 2 amide bonds. The SMILES string of the molecule is COc1cc2c(cc1OC)C(c1ccccc1)=NNC(=O)C2.COc1cc2c(cc1OC)N(C)C(=O)CN=C2c1ccc(Cl)cc1. The minimum Gasteiger partial charge on any atom is -0.493 e. The molecule has 0 bridgehead atoms. The highest BCUT2D eigenvalue weighted by molar-refractivity contribution is 6.31. The fourth-order valence-electron chi connectivity index (χ4n) is 5.16. The topological polar surface area (TPSA) is 111 Å². The average Bonchev–Trinajstić information content (AvgIpc) is 3.32. The molecule has 0 fully saturated rings. The molecule has 11 heteroatoms. The van der Waals surface area contributed by atoms with Crippen LogP contribution in [-0.4, -0.2) is 65.3 Å². The van der Waals surface area contributed by atoms with E-state index in [2.05, 4.69) is 15.5 Å². The van der Waals surface area contributed by atoms with Crippen molar-refractivity contribution in [3.05, 3.63) is 112 Å². The van der Waals surface area contributed by atoms with Crippen molar-refractivity contribution in [1.29, 1.82) is 0 Å². The molecule has 0 spiro atoms. The zero-order valence-electron chi connectivity index (χ0n) is 26.1. The van der Waals surface area contributed by atoms with Crippen LogP contribution >= 0.6 is 11.6 Å². The highest BCUT2D eigenvalue weighted by atomic mass is 35.5. The van der Waals surface area contributed by atoms with Gasteiger partial charge in [0.15, 0.2) is 23.0 Å². The first kappa shape index (κ1) is 32.1. The summed E-state index contributed by atoms with van der Waals surface area (Å²) in [5, 5.41) is 4.91. The fraction of sp³-hybridized carbons (Fsp3) is 0.200. The summed E-state index contributed by atoms with van der Waals surface area (Å²) in [6.45, 7) is 0.0772. The molecule has 1 N–H and O–H groups in total. The van der Waals surface area contributed by atoms with Crippen molar-refractivity contribution in [1.82, 2.24) is 5.43 Å². The van der Waals surface area contributed by atoms with Gasteiger partial charge in [-0.1, -0.05) is 54.1 Å². The molecule has 2 aliphatic heterocycles. The lowest BCUT2D eigenvalue weighted by Gasteiger charge is -2.20. The number of carbonyl (C=O) groups excluding carboxylic acids is 2. The number of benzene rings is 4. The van der Waals surface area contributed by atoms with Gasteiger partial charge in [0.25, 0.3) is 0 Å². The third-order valence-electron chi connectivity index (χ3n) is 7.54. The Morgan fingerprint density at radius 1 is 0.717 bits per heavy atom. The van der Waals surface area contributed by atoms with Crippen molar-refractivity contribution >= 4 is 40.5 Å². The largest absolute Gasteiger partial charge is 0.493 e. The Morgan fingerprint density at radius 3 is 1.91 bits per heavy atom. The zero-order valence-corrected chi connectivity index (χ0v) is 26.8. The Kier molecular flexibility index (Phi) is 9.88. The lowest BCUT2D eigenvalue weighted by molar-refractivity contribution is -0.120. The number of likely N-dealkylation sites (N-methyl/N-ethyl adjacent to an activating group) is 1. The van der Waals surface area contributed by atoms with Gasteiger partial charge in [0.05, 0.1) is 52.0 Å². The molecule has 0 saturated heterocycles. The van der Waals surface area contributed by atoms with Crippen LogP contribution in [0.4, 0.5) is 5.69 Å². The molecule has 4 aromatic rings. The van der Waals surface area contributed by atoms with Crippen LogP contribution in [0, 0.1) is 0 Å². The number of hydrazone groups is 1. The van der Waals surface area contributed by atoms with E-state index in [1.807, 2.05) is 60.7 Å². The second kappa shape index (κ2) is 14.2. The molecule has 6 rings (SSSR count). The zero-order chi connectivity index (χ0) is 32.8. The van der Waals surface area contributed by atoms with Gasteiger partial charge >= 0.3 is 0 Å². The first-order valence-electron chi connectivity index (χ1n) is 14.3. The standard InChI is InChI=1S/C18H17ClN2O3.C17H16N2O3/c1-21-14-9-16(24-3)15(23-2)8-13(14)18(20-10-17(21)22)11-4-6-12(19)7-5-11;1-21-14-8-12-9-16(20)18-19-17(11-6-4-3-5-7-11)13(12)10-15(14)22-2/h4-9H,10H2,1-3H3;3-8,10H,9H2,1-2H3,(H,18,20). The second-order valence-corrected chi connectivity index (χ2v) is 10.7. The molecule has 4 aromatic carbocycles. The van der Waals surface area contributed by atoms with Crippen LogP contribution in [0.15, 0.2) is 89.0 Å². The molecule has 2 heterocycles. The van der Waals surface area contributed by atoms with E-state index in [4.69, 9.17) is 30.5 Å². The molecule has 0 radical (unpaired) electrons. The molecule has 0 aliphatic carbocycles. The molecular formula is C35H33ClN4O6. The number of aliphatic imine (C=N–C) groups is 1. The maximum absolute atomic E-state index is 12.3. The van der Waals surface area contributed by atoms with Gasteiger partial charge in [0.2, 0.25) is 11.8 Å². The van der Waals surface area contributed by atoms with E-state index in [0.29, 0.717) is 33.7 Å². The number of anilines is 1. The Hall–Kier alpha value is -5.35. The second-order valence-electron chi connectivity index (χ2n) is 10.3. The quantitative estimate of drug-likeness (QED) is 0.306. The molecule has 236 valence electrons. The molecule has 2 aliphatic rings. The predicted octanol–water partition coefficient (Wildman–Crippen LogP) is 5.30. The van der Waals surface area contributed by atoms with Gasteiger partial charge < -0.3 is 23.8 Å². The van der Waals surface area contributed by atoms with Crippen molar-refractivity contribution in [2.24, 2.45) is 10.1 Å². The number of amides is 2. The highest BCUT2D eigenvalue weighted by Gasteiger charge is 2.25. The number of rotatable bonds is 6. The number of fused-ring (bicyclic) bond motifs is 2. The van der Waals surface area contributed by atoms with Crippen molar-refractivity contribution in [3.63, 3.8) is 0 Å². The van der Waals surface area contributed by atoms with Gasteiger partial charge in [-0.05, 0) is 35.9 Å². The number of hydrogen-bond donors (Lipinski definition) is 1. The molecule has 10 nitrogen and oxygen atoms in total. The maximum Gasteiger partial charge on any atom is 0.248 e. The Morgan fingerprint density at radius 2 is 1.28 bits per heavy atom. The summed E-state index contributed by atoms with van der Waals surface area (Å²) in [7, 11) is 8.04. The van der Waals surface area contributed by atoms with Gasteiger partial charge in [0, 0.05) is 40.4 Å². The van der Waals surface area contributed by atoms with Crippen molar-refractivity contribution in [2.75, 3.05) is 46.9 Å². The van der Waals surface area contributed by atoms with E-state index in [9.17, 15) is 9.59 Å². The summed E-state index contributed by atoms with van der Waals surface area (Å²) in [6, 6.07) is 24.4. The van der Waals surface area contributed by atoms with Crippen LogP contribution in [0.3, 0.4) is 0 Å². The van der Waals surface area contributed by atoms with Gasteiger partial charge in [0.1, 0.15) is 6.54 Å². The molecule has 0 aromatic heterocycles. The molecule has 0 saturated carbocycles. The van der Waals surface area contributed by atoms with Gasteiger partial charge in [-0.2, -0.15) is 5.10 Å². The number of carbonyl (C=O) groups is 2. The van der Waals surface area contributed by atoms with Gasteiger partial charge in [-0.15, -0.1) is 0 Å². The Labute approximate surface area is 272 Å². The predicted molar refractivity (Wildman–Crippen MR) is 178 cm³/mol. The summed E-state index contributed by atoms with van der Waals surface area (Å²) in [5.41, 5.74) is 9.08. The van der Waals surface area contributed by atoms with Gasteiger partial charge in [-0.3, -0.25) is 14.6 Å². The first-order valence-corrected chi connectivity index (χ1v) is 14.7. The van der Waals surface area contributed by atoms with E-state index in [0.717, 1.165) is 39.2 Å². The van der Waals surface area contributed by atoms with Crippen molar-refractivity contribution in [2.45, 2.75) is 6.42 Å². The minimum absolute atomic E-state index is 0.0772. The molecular weight excluding hydrogens is 608 g/mol. The third kappa shape index (κ3) is 6.67. The van der Waals surface area contributed by atoms with Crippen molar-refractivity contribution in [3.8, 4) is 23.0 Å². The first-order chi connectivity index (χ1) is 22.3. The molecule has 46 heavy (non-hydrogen) atoms. The average molecular weight is 641 g/mol. The smallest absolute Gasteiger partial charge is 0.248 e. The van der Waals surface area contributed by atoms with Crippen LogP contribution in [0.2, 0.25) is 5.02 Å². The third-order valence-corrected chi connectivity index (χ3v) is 7.79. The maximum atomic E-state index is 12.3. The lowest BCUT2D eigenvalue weighted by Crippen LogP contribution is -2.27. The van der Waals surface area contributed by atoms with E-state index >= 15 is 0 Å². The number of methoxy groups -OCH3 is 4. The van der Waals surface area contributed by atoms with E-state index in [-0.39, 0.29) is 24.8 Å². The Balaban J connectivity index is 0.000000182. The van der Waals surface area contributed by atoms with Crippen LogP contribution < -0.4 is 29.3 Å². The summed E-state index contributed by atoms with van der Waals surface area (Å²) < 4.78 is 21.5. The number of hydrogen-bond acceptors (Lipinski definition) is 8. The number of nitrogens with zero attached hydrogens (tertiary/aromatic N) is 3. The number of halogens is 1. The fourth-order valence-corrected chi connectivity index (χ4v) is 5.28. The van der Waals surface area contributed by atoms with Crippen LogP contribution in [0.1, 0.15) is 27.8 Å². The monoisotopic (exact) mass is 640 g/mol. The van der Waals surface area contributed by atoms with E-state index in [1.54, 1.807) is 58.6 Å². The number of nitrogens with one attached hydrogen (secondary N) is 1. The summed E-state index contributed by atoms with van der Waals surface area (Å²) in [6.07, 6.45) is 0.246.